The zero-order valence-electron chi connectivity index (χ0n) is 7.77. The van der Waals surface area contributed by atoms with E-state index in [9.17, 15) is 0 Å². The van der Waals surface area contributed by atoms with Crippen LogP contribution in [0.25, 0.3) is 0 Å². The van der Waals surface area contributed by atoms with Gasteiger partial charge in [-0.1, -0.05) is 43.1 Å². The predicted molar refractivity (Wildman–Crippen MR) is 58.4 cm³/mol. The molecule has 0 bridgehead atoms. The van der Waals surface area contributed by atoms with E-state index in [2.05, 4.69) is 19.2 Å². The lowest BCUT2D eigenvalue weighted by Gasteiger charge is -2.09. The molecule has 0 aromatic heterocycles. The highest BCUT2D eigenvalue weighted by Crippen LogP contribution is 2.20. The van der Waals surface area contributed by atoms with Crippen LogP contribution in [-0.4, -0.2) is 6.04 Å². The molecule has 0 saturated heterocycles. The summed E-state index contributed by atoms with van der Waals surface area (Å²) in [5.41, 5.74) is 1.08. The molecule has 0 amide bonds. The SMILES string of the molecule is CC(C)NCc1ccc(Cl)cc1Cl. The molecule has 0 aliphatic heterocycles. The fourth-order valence-corrected chi connectivity index (χ4v) is 1.45. The van der Waals surface area contributed by atoms with Gasteiger partial charge >= 0.3 is 0 Å². The maximum absolute atomic E-state index is 5.99. The summed E-state index contributed by atoms with van der Waals surface area (Å²) in [4.78, 5) is 0. The Morgan fingerprint density at radius 2 is 2.00 bits per heavy atom. The highest BCUT2D eigenvalue weighted by Gasteiger charge is 2.01. The second-order valence-corrected chi connectivity index (χ2v) is 4.11. The van der Waals surface area contributed by atoms with Crippen LogP contribution in [0.15, 0.2) is 18.2 Å². The average Bonchev–Trinajstić information content (AvgIpc) is 2.02. The highest BCUT2D eigenvalue weighted by molar-refractivity contribution is 6.35. The third kappa shape index (κ3) is 3.55. The molecule has 0 heterocycles. The summed E-state index contributed by atoms with van der Waals surface area (Å²) in [6.45, 7) is 4.99. The number of benzene rings is 1. The molecule has 1 nitrogen and oxygen atoms in total. The van der Waals surface area contributed by atoms with Gasteiger partial charge in [0.05, 0.1) is 0 Å². The quantitative estimate of drug-likeness (QED) is 0.818. The van der Waals surface area contributed by atoms with Gasteiger partial charge in [0.1, 0.15) is 0 Å². The molecule has 0 fully saturated rings. The van der Waals surface area contributed by atoms with Gasteiger partial charge in [-0.2, -0.15) is 0 Å². The molecule has 1 rings (SSSR count). The average molecular weight is 218 g/mol. The number of hydrogen-bond donors (Lipinski definition) is 1. The van der Waals surface area contributed by atoms with Crippen molar-refractivity contribution in [3.8, 4) is 0 Å². The summed E-state index contributed by atoms with van der Waals surface area (Å²) in [5.74, 6) is 0. The van der Waals surface area contributed by atoms with E-state index in [1.54, 1.807) is 6.07 Å². The van der Waals surface area contributed by atoms with E-state index >= 15 is 0 Å². The molecular weight excluding hydrogens is 205 g/mol. The van der Waals surface area contributed by atoms with Crippen LogP contribution < -0.4 is 5.32 Å². The minimum Gasteiger partial charge on any atom is -0.310 e. The standard InChI is InChI=1S/C10H13Cl2N/c1-7(2)13-6-8-3-4-9(11)5-10(8)12/h3-5,7,13H,6H2,1-2H3. The first-order valence-electron chi connectivity index (χ1n) is 4.27. The van der Waals surface area contributed by atoms with Crippen LogP contribution in [0.5, 0.6) is 0 Å². The minimum atomic E-state index is 0.465. The Morgan fingerprint density at radius 3 is 2.54 bits per heavy atom. The van der Waals surface area contributed by atoms with Crippen molar-refractivity contribution in [2.45, 2.75) is 26.4 Å². The molecule has 3 heteroatoms. The molecule has 13 heavy (non-hydrogen) atoms. The van der Waals surface area contributed by atoms with Gasteiger partial charge in [0.15, 0.2) is 0 Å². The van der Waals surface area contributed by atoms with E-state index in [-0.39, 0.29) is 0 Å². The molecule has 1 aromatic rings. The van der Waals surface area contributed by atoms with Gasteiger partial charge in [-0.05, 0) is 17.7 Å². The molecule has 1 N–H and O–H groups in total. The third-order valence-electron chi connectivity index (χ3n) is 1.72. The van der Waals surface area contributed by atoms with Crippen molar-refractivity contribution in [1.29, 1.82) is 0 Å². The lowest BCUT2D eigenvalue weighted by molar-refractivity contribution is 0.589. The van der Waals surface area contributed by atoms with Crippen molar-refractivity contribution in [3.05, 3.63) is 33.8 Å². The smallest absolute Gasteiger partial charge is 0.0465 e. The van der Waals surface area contributed by atoms with E-state index in [0.29, 0.717) is 11.1 Å². The Morgan fingerprint density at radius 1 is 1.31 bits per heavy atom. The van der Waals surface area contributed by atoms with Crippen molar-refractivity contribution in [2.24, 2.45) is 0 Å². The van der Waals surface area contributed by atoms with Crippen molar-refractivity contribution < 1.29 is 0 Å². The number of hydrogen-bond acceptors (Lipinski definition) is 1. The predicted octanol–water partition coefficient (Wildman–Crippen LogP) is 3.49. The van der Waals surface area contributed by atoms with Crippen LogP contribution in [0.1, 0.15) is 19.4 Å². The normalized spacial score (nSPS) is 10.8. The molecule has 0 aliphatic carbocycles. The van der Waals surface area contributed by atoms with Crippen LogP contribution in [0.3, 0.4) is 0 Å². The van der Waals surface area contributed by atoms with Crippen molar-refractivity contribution in [2.75, 3.05) is 0 Å². The van der Waals surface area contributed by atoms with Crippen LogP contribution in [0, 0.1) is 0 Å². The first kappa shape index (κ1) is 10.8. The third-order valence-corrected chi connectivity index (χ3v) is 2.30. The molecule has 1 aromatic carbocycles. The van der Waals surface area contributed by atoms with E-state index in [0.717, 1.165) is 17.1 Å². The van der Waals surface area contributed by atoms with Gasteiger partial charge in [0, 0.05) is 22.6 Å². The molecule has 0 saturated carbocycles. The first-order chi connectivity index (χ1) is 6.09. The fourth-order valence-electron chi connectivity index (χ4n) is 0.979. The maximum atomic E-state index is 5.99. The number of halogens is 2. The summed E-state index contributed by atoms with van der Waals surface area (Å²) in [5, 5.41) is 4.70. The second-order valence-electron chi connectivity index (χ2n) is 3.27. The lowest BCUT2D eigenvalue weighted by Crippen LogP contribution is -2.21. The van der Waals surface area contributed by atoms with E-state index in [1.165, 1.54) is 0 Å². The van der Waals surface area contributed by atoms with Crippen molar-refractivity contribution >= 4 is 23.2 Å². The number of rotatable bonds is 3. The topological polar surface area (TPSA) is 12.0 Å². The summed E-state index contributed by atoms with van der Waals surface area (Å²) in [6.07, 6.45) is 0. The molecule has 0 atom stereocenters. The first-order valence-corrected chi connectivity index (χ1v) is 5.02. The molecule has 72 valence electrons. The Kier molecular flexibility index (Phi) is 4.04. The molecule has 0 aliphatic rings. The Labute approximate surface area is 89.0 Å². The largest absolute Gasteiger partial charge is 0.310 e. The number of nitrogens with one attached hydrogen (secondary N) is 1. The van der Waals surface area contributed by atoms with Gasteiger partial charge in [-0.3, -0.25) is 0 Å². The highest BCUT2D eigenvalue weighted by atomic mass is 35.5. The summed E-state index contributed by atoms with van der Waals surface area (Å²) >= 11 is 11.8. The monoisotopic (exact) mass is 217 g/mol. The Hall–Kier alpha value is -0.240. The van der Waals surface area contributed by atoms with E-state index in [1.807, 2.05) is 12.1 Å². The fraction of sp³-hybridized carbons (Fsp3) is 0.400. The molecule has 0 spiro atoms. The molecular formula is C10H13Cl2N. The van der Waals surface area contributed by atoms with Gasteiger partial charge in [0.2, 0.25) is 0 Å². The Bertz CT molecular complexity index is 284. The maximum Gasteiger partial charge on any atom is 0.0465 e. The van der Waals surface area contributed by atoms with Gasteiger partial charge in [-0.25, -0.2) is 0 Å². The molecule has 0 unspecified atom stereocenters. The van der Waals surface area contributed by atoms with E-state index < -0.39 is 0 Å². The summed E-state index contributed by atoms with van der Waals surface area (Å²) in [7, 11) is 0. The zero-order chi connectivity index (χ0) is 9.84. The van der Waals surface area contributed by atoms with Crippen LogP contribution in [0.4, 0.5) is 0 Å². The van der Waals surface area contributed by atoms with Crippen LogP contribution in [0.2, 0.25) is 10.0 Å². The van der Waals surface area contributed by atoms with Crippen molar-refractivity contribution in [1.82, 2.24) is 5.32 Å². The summed E-state index contributed by atoms with van der Waals surface area (Å²) in [6, 6.07) is 6.03. The van der Waals surface area contributed by atoms with Gasteiger partial charge < -0.3 is 5.32 Å². The minimum absolute atomic E-state index is 0.465. The lowest BCUT2D eigenvalue weighted by atomic mass is 10.2. The van der Waals surface area contributed by atoms with Gasteiger partial charge in [-0.15, -0.1) is 0 Å². The second kappa shape index (κ2) is 4.85. The van der Waals surface area contributed by atoms with Gasteiger partial charge in [0.25, 0.3) is 0 Å². The van der Waals surface area contributed by atoms with Crippen molar-refractivity contribution in [3.63, 3.8) is 0 Å². The zero-order valence-corrected chi connectivity index (χ0v) is 9.28. The molecule has 0 radical (unpaired) electrons. The van der Waals surface area contributed by atoms with E-state index in [4.69, 9.17) is 23.2 Å². The van der Waals surface area contributed by atoms with Crippen LogP contribution in [-0.2, 0) is 6.54 Å². The Balaban J connectivity index is 2.67. The summed E-state index contributed by atoms with van der Waals surface area (Å²) < 4.78 is 0. The van der Waals surface area contributed by atoms with Crippen LogP contribution >= 0.6 is 23.2 Å².